The summed E-state index contributed by atoms with van der Waals surface area (Å²) in [6.45, 7) is 5.58. The number of benzene rings is 2. The second-order valence-electron chi connectivity index (χ2n) is 7.59. The number of Topliss-reactive ketones (excluding diaryl/α,β-unsaturated/α-hetero) is 4. The summed E-state index contributed by atoms with van der Waals surface area (Å²) in [7, 11) is 0. The third kappa shape index (κ3) is 11.6. The van der Waals surface area contributed by atoms with Crippen LogP contribution in [0.1, 0.15) is 11.1 Å². The van der Waals surface area contributed by atoms with E-state index in [0.29, 0.717) is 11.1 Å². The van der Waals surface area contributed by atoms with Crippen molar-refractivity contribution in [1.82, 2.24) is 0 Å². The first-order valence-corrected chi connectivity index (χ1v) is 10.3. The molecule has 0 heterocycles. The molecule has 2 rings (SSSR count). The zero-order valence-corrected chi connectivity index (χ0v) is 31.7. The molecule has 0 aromatic heterocycles. The van der Waals surface area contributed by atoms with E-state index in [0.717, 1.165) is 0 Å². The molecule has 0 aliphatic carbocycles. The predicted molar refractivity (Wildman–Crippen MR) is 137 cm³/mol. The Morgan fingerprint density at radius 3 is 1.23 bits per heavy atom. The van der Waals surface area contributed by atoms with Gasteiger partial charge in [0.2, 0.25) is 0 Å². The Hall–Kier alpha value is -2.36. The number of ketones is 4. The standard InChI is InChI=1S/2C13H10O6.2CH3.W.2Y/c2*1-8(14)13(11(16)17,12(18)19)10(15)7-9-5-3-2-4-6-9;;;;;/h3-6H,1,7H2,(H,16,17)(H,18,19);2-3,5-6H,1,7H2,(H,16,17)(H,18,19);2*1H3;;;/q2*-2;2*-1;+2;;. The quantitative estimate of drug-likeness (QED) is 0.175. The molecule has 0 saturated heterocycles. The first kappa shape index (κ1) is 50.3. The van der Waals surface area contributed by atoms with Crippen molar-refractivity contribution in [2.45, 2.75) is 12.8 Å². The van der Waals surface area contributed by atoms with Gasteiger partial charge < -0.3 is 58.7 Å². The van der Waals surface area contributed by atoms with Crippen LogP contribution in [0.3, 0.4) is 0 Å². The molecule has 43 heavy (non-hydrogen) atoms. The van der Waals surface area contributed by atoms with Crippen LogP contribution < -0.4 is 0 Å². The van der Waals surface area contributed by atoms with Crippen LogP contribution in [0.4, 0.5) is 0 Å². The first-order valence-electron chi connectivity index (χ1n) is 10.3. The Morgan fingerprint density at radius 1 is 0.605 bits per heavy atom. The van der Waals surface area contributed by atoms with E-state index in [1.165, 1.54) is 36.4 Å². The maximum atomic E-state index is 11.9. The Bertz CT molecular complexity index is 1110. The minimum absolute atomic E-state index is 0. The maximum absolute atomic E-state index is 11.9. The van der Waals surface area contributed by atoms with Crippen LogP contribution in [0.25, 0.3) is 0 Å². The number of carbonyl (C=O) groups excluding carboxylic acids is 4. The topological polar surface area (TPSA) is 217 Å². The van der Waals surface area contributed by atoms with Gasteiger partial charge in [0.25, 0.3) is 10.8 Å². The molecule has 0 bridgehead atoms. The molecule has 2 aromatic carbocycles. The number of carboxylic acids is 4. The molecule has 15 heteroatoms. The largest absolute Gasteiger partial charge is 2.00 e. The molecule has 12 nitrogen and oxygen atoms in total. The number of rotatable bonds is 12. The van der Waals surface area contributed by atoms with Gasteiger partial charge in [0.1, 0.15) is 0 Å². The molecule has 0 aliphatic heterocycles. The summed E-state index contributed by atoms with van der Waals surface area (Å²) in [6.07, 6.45) is -0.994. The zero-order valence-electron chi connectivity index (χ0n) is 23.1. The van der Waals surface area contributed by atoms with Crippen molar-refractivity contribution in [3.8, 4) is 0 Å². The smallest absolute Gasteiger partial charge is 0.480 e. The zero-order chi connectivity index (χ0) is 29.3. The van der Waals surface area contributed by atoms with Crippen molar-refractivity contribution in [3.63, 3.8) is 0 Å². The maximum Gasteiger partial charge on any atom is 2.00 e. The molecule has 226 valence electrons. The van der Waals surface area contributed by atoms with Gasteiger partial charge in [-0.2, -0.15) is 66.2 Å². The van der Waals surface area contributed by atoms with Gasteiger partial charge in [-0.3, -0.25) is 28.8 Å². The van der Waals surface area contributed by atoms with Crippen LogP contribution in [0, 0.1) is 51.7 Å². The fourth-order valence-corrected chi connectivity index (χ4v) is 3.16. The van der Waals surface area contributed by atoms with Crippen LogP contribution in [0.2, 0.25) is 0 Å². The second-order valence-corrected chi connectivity index (χ2v) is 7.59. The van der Waals surface area contributed by atoms with Crippen molar-refractivity contribution in [3.05, 3.63) is 100 Å². The molecule has 0 amide bonds. The Labute approximate surface area is 313 Å². The normalized spacial score (nSPS) is 9.49. The van der Waals surface area contributed by atoms with Gasteiger partial charge >= 0.3 is 44.9 Å². The van der Waals surface area contributed by atoms with E-state index in [4.69, 9.17) is 20.4 Å². The van der Waals surface area contributed by atoms with E-state index in [-0.39, 0.29) is 101 Å². The molecule has 0 saturated carbocycles. The molecule has 0 atom stereocenters. The Kier molecular flexibility index (Phi) is 25.9. The average Bonchev–Trinajstić information content (AvgIpc) is 2.80. The van der Waals surface area contributed by atoms with Crippen molar-refractivity contribution in [2.24, 2.45) is 10.8 Å². The molecule has 0 aliphatic rings. The van der Waals surface area contributed by atoms with Gasteiger partial charge in [0.05, 0.1) is 0 Å². The van der Waals surface area contributed by atoms with Crippen LogP contribution in [0.15, 0.2) is 48.5 Å². The molecule has 0 unspecified atom stereocenters. The summed E-state index contributed by atoms with van der Waals surface area (Å²) in [4.78, 5) is 90.7. The second kappa shape index (κ2) is 22.2. The summed E-state index contributed by atoms with van der Waals surface area (Å²) in [5.41, 5.74) is -5.56. The third-order valence-electron chi connectivity index (χ3n) is 5.24. The molecular formula is C28H26O12WY2-4. The van der Waals surface area contributed by atoms with E-state index in [1.807, 2.05) is 0 Å². The van der Waals surface area contributed by atoms with Gasteiger partial charge in [-0.05, 0) is 6.42 Å². The van der Waals surface area contributed by atoms with Crippen LogP contribution in [-0.4, -0.2) is 67.4 Å². The van der Waals surface area contributed by atoms with Gasteiger partial charge in [-0.1, -0.05) is 0 Å². The van der Waals surface area contributed by atoms with Gasteiger partial charge in [0.15, 0.2) is 11.6 Å². The number of aliphatic carboxylic acids is 4. The van der Waals surface area contributed by atoms with E-state index in [9.17, 15) is 38.4 Å². The number of hydrogen-bond donors (Lipinski definition) is 4. The number of hydrogen-bond acceptors (Lipinski definition) is 8. The number of carbonyl (C=O) groups is 8. The summed E-state index contributed by atoms with van der Waals surface area (Å²) in [5, 5.41) is 35.8. The fourth-order valence-electron chi connectivity index (χ4n) is 3.16. The first-order chi connectivity index (χ1) is 17.7. The average molecular weight is 916 g/mol. The molecule has 4 N–H and O–H groups in total. The van der Waals surface area contributed by atoms with E-state index in [2.05, 4.69) is 26.0 Å². The molecule has 0 spiro atoms. The van der Waals surface area contributed by atoms with E-state index >= 15 is 0 Å². The number of carboxylic acid groups (broad SMARTS) is 4. The van der Waals surface area contributed by atoms with E-state index < -0.39 is 70.7 Å². The van der Waals surface area contributed by atoms with Gasteiger partial charge in [-0.15, -0.1) is 5.56 Å². The van der Waals surface area contributed by atoms with Crippen LogP contribution >= 0.6 is 0 Å². The van der Waals surface area contributed by atoms with Crippen molar-refractivity contribution >= 4 is 47.0 Å². The Morgan fingerprint density at radius 2 is 0.953 bits per heavy atom. The SMILES string of the molecule is [CH2-]C(=O)C(C(=O)O)(C(=O)O)C(=O)Cc1c[c-]ccc1.[CH2-]C(=O)C(C(=O)O)(C(=O)O)C(=O)Cc1cc[c-]cc1.[CH3-].[CH3-].[W+2].[Y].[Y]. The van der Waals surface area contributed by atoms with Crippen LogP contribution in [-0.2, 0) is 138 Å². The predicted octanol–water partition coefficient (Wildman–Crippen LogP) is 1.21. The molecule has 0 fully saturated rings. The fraction of sp³-hybridized carbons (Fsp3) is 0.143. The monoisotopic (exact) mass is 916 g/mol. The Balaban J connectivity index is -0.000000201. The summed E-state index contributed by atoms with van der Waals surface area (Å²) >= 11 is 0. The van der Waals surface area contributed by atoms with Crippen LogP contribution in [0.5, 0.6) is 0 Å². The molecule has 2 radical (unpaired) electrons. The van der Waals surface area contributed by atoms with E-state index in [1.54, 1.807) is 12.1 Å². The minimum Gasteiger partial charge on any atom is -0.480 e. The van der Waals surface area contributed by atoms with Gasteiger partial charge in [-0.25, -0.2) is 0 Å². The van der Waals surface area contributed by atoms with Crippen molar-refractivity contribution in [2.75, 3.05) is 0 Å². The molecule has 2 aromatic rings. The van der Waals surface area contributed by atoms with Crippen molar-refractivity contribution in [1.29, 1.82) is 0 Å². The van der Waals surface area contributed by atoms with Gasteiger partial charge in [0, 0.05) is 83.4 Å². The third-order valence-corrected chi connectivity index (χ3v) is 5.24. The summed E-state index contributed by atoms with van der Waals surface area (Å²) < 4.78 is 0. The molecular weight excluding hydrogens is 890 g/mol. The minimum atomic E-state index is -3.16. The summed E-state index contributed by atoms with van der Waals surface area (Å²) in [5.74, 6) is -13.6. The summed E-state index contributed by atoms with van der Waals surface area (Å²) in [6, 6.07) is 17.3. The van der Waals surface area contributed by atoms with Crippen molar-refractivity contribution < 1.29 is 145 Å².